The molecule has 2 rings (SSSR count). The molecule has 2 aliphatic rings. The van der Waals surface area contributed by atoms with Crippen molar-refractivity contribution in [3.63, 3.8) is 0 Å². The molecular formula is C16H29NO2. The van der Waals surface area contributed by atoms with Crippen LogP contribution in [0.3, 0.4) is 0 Å². The van der Waals surface area contributed by atoms with Crippen molar-refractivity contribution in [2.24, 2.45) is 11.3 Å². The summed E-state index contributed by atoms with van der Waals surface area (Å²) in [4.78, 5) is 14.3. The number of carbonyl (C=O) groups is 1. The highest BCUT2D eigenvalue weighted by molar-refractivity contribution is 5.75. The molecule has 1 atom stereocenters. The molecule has 0 amide bonds. The van der Waals surface area contributed by atoms with Gasteiger partial charge in [-0.3, -0.25) is 4.79 Å². The van der Waals surface area contributed by atoms with Gasteiger partial charge < -0.3 is 10.0 Å². The molecule has 0 aromatic carbocycles. The van der Waals surface area contributed by atoms with E-state index in [0.29, 0.717) is 0 Å². The lowest BCUT2D eigenvalue weighted by molar-refractivity contribution is -0.151. The summed E-state index contributed by atoms with van der Waals surface area (Å²) < 4.78 is 0. The predicted molar refractivity (Wildman–Crippen MR) is 77.2 cm³/mol. The fourth-order valence-corrected chi connectivity index (χ4v) is 3.90. The Morgan fingerprint density at radius 1 is 1.21 bits per heavy atom. The summed E-state index contributed by atoms with van der Waals surface area (Å²) in [6.45, 7) is 5.27. The average molecular weight is 267 g/mol. The van der Waals surface area contributed by atoms with Crippen LogP contribution < -0.4 is 0 Å². The summed E-state index contributed by atoms with van der Waals surface area (Å²) in [5.41, 5.74) is -0.452. The minimum absolute atomic E-state index is 0.452. The Labute approximate surface area is 117 Å². The van der Waals surface area contributed by atoms with Gasteiger partial charge in [-0.2, -0.15) is 0 Å². The molecule has 1 saturated heterocycles. The highest BCUT2D eigenvalue weighted by atomic mass is 16.4. The topological polar surface area (TPSA) is 40.5 Å². The molecule has 3 nitrogen and oxygen atoms in total. The normalized spacial score (nSPS) is 28.8. The minimum atomic E-state index is -0.548. The zero-order valence-corrected chi connectivity index (χ0v) is 12.4. The summed E-state index contributed by atoms with van der Waals surface area (Å²) in [6.07, 6.45) is 10.2. The van der Waals surface area contributed by atoms with E-state index in [2.05, 4.69) is 11.8 Å². The van der Waals surface area contributed by atoms with Gasteiger partial charge in [-0.05, 0) is 38.1 Å². The van der Waals surface area contributed by atoms with Crippen molar-refractivity contribution < 1.29 is 9.90 Å². The van der Waals surface area contributed by atoms with Gasteiger partial charge in [-0.25, -0.2) is 0 Å². The van der Waals surface area contributed by atoms with Crippen LogP contribution in [0, 0.1) is 11.3 Å². The Bertz CT molecular complexity index is 295. The molecule has 1 aliphatic carbocycles. The fraction of sp³-hybridized carbons (Fsp3) is 0.938. The van der Waals surface area contributed by atoms with Gasteiger partial charge in [0.25, 0.3) is 0 Å². The molecule has 0 radical (unpaired) electrons. The third-order valence-corrected chi connectivity index (χ3v) is 5.22. The number of nitrogens with zero attached hydrogens (tertiary/aromatic N) is 1. The second kappa shape index (κ2) is 6.74. The molecule has 1 saturated carbocycles. The average Bonchev–Trinajstić information content (AvgIpc) is 2.65. The number of likely N-dealkylation sites (tertiary alicyclic amines) is 1. The lowest BCUT2D eigenvalue weighted by atomic mass is 9.79. The van der Waals surface area contributed by atoms with Crippen LogP contribution in [-0.2, 0) is 4.79 Å². The highest BCUT2D eigenvalue weighted by Gasteiger charge is 2.40. The van der Waals surface area contributed by atoms with Crippen molar-refractivity contribution in [3.8, 4) is 0 Å². The number of hydrogen-bond donors (Lipinski definition) is 1. The van der Waals surface area contributed by atoms with E-state index in [1.807, 2.05) is 0 Å². The molecule has 110 valence electrons. The van der Waals surface area contributed by atoms with Crippen molar-refractivity contribution in [1.29, 1.82) is 0 Å². The largest absolute Gasteiger partial charge is 0.481 e. The SMILES string of the molecule is CCC1CCCN(CC2(C(=O)O)CCCCCC2)C1. The van der Waals surface area contributed by atoms with Crippen LogP contribution in [0.2, 0.25) is 0 Å². The standard InChI is InChI=1S/C16H29NO2/c1-2-14-8-7-11-17(12-14)13-16(15(18)19)9-5-3-4-6-10-16/h14H,2-13H2,1H3,(H,18,19). The van der Waals surface area contributed by atoms with E-state index in [1.54, 1.807) is 0 Å². The molecule has 1 aliphatic heterocycles. The third kappa shape index (κ3) is 3.71. The van der Waals surface area contributed by atoms with Crippen LogP contribution in [0.1, 0.15) is 64.7 Å². The van der Waals surface area contributed by atoms with Crippen LogP contribution in [0.15, 0.2) is 0 Å². The van der Waals surface area contributed by atoms with Crippen molar-refractivity contribution in [2.45, 2.75) is 64.7 Å². The lowest BCUT2D eigenvalue weighted by Crippen LogP contribution is -2.46. The summed E-state index contributed by atoms with van der Waals surface area (Å²) in [5, 5.41) is 9.74. The van der Waals surface area contributed by atoms with Crippen LogP contribution in [0.25, 0.3) is 0 Å². The fourth-order valence-electron chi connectivity index (χ4n) is 3.90. The van der Waals surface area contributed by atoms with Crippen molar-refractivity contribution in [3.05, 3.63) is 0 Å². The third-order valence-electron chi connectivity index (χ3n) is 5.22. The van der Waals surface area contributed by atoms with Crippen molar-refractivity contribution >= 4 is 5.97 Å². The van der Waals surface area contributed by atoms with Crippen LogP contribution in [-0.4, -0.2) is 35.6 Å². The number of carboxylic acid groups (broad SMARTS) is 1. The molecule has 1 N–H and O–H groups in total. The highest BCUT2D eigenvalue weighted by Crippen LogP contribution is 2.37. The molecule has 2 fully saturated rings. The van der Waals surface area contributed by atoms with Gasteiger partial charge in [0.2, 0.25) is 0 Å². The molecule has 3 heteroatoms. The van der Waals surface area contributed by atoms with Gasteiger partial charge in [-0.1, -0.05) is 39.0 Å². The maximum absolute atomic E-state index is 11.8. The Morgan fingerprint density at radius 2 is 1.89 bits per heavy atom. The maximum atomic E-state index is 11.8. The molecule has 0 aromatic heterocycles. The zero-order chi connectivity index (χ0) is 13.7. The van der Waals surface area contributed by atoms with Crippen molar-refractivity contribution in [2.75, 3.05) is 19.6 Å². The second-order valence-corrected chi connectivity index (χ2v) is 6.65. The zero-order valence-electron chi connectivity index (χ0n) is 12.4. The summed E-state index contributed by atoms with van der Waals surface area (Å²) in [5.74, 6) is 0.235. The number of carboxylic acids is 1. The van der Waals surface area contributed by atoms with E-state index in [-0.39, 0.29) is 0 Å². The maximum Gasteiger partial charge on any atom is 0.310 e. The first-order chi connectivity index (χ1) is 9.16. The van der Waals surface area contributed by atoms with Gasteiger partial charge in [0.1, 0.15) is 0 Å². The van der Waals surface area contributed by atoms with Gasteiger partial charge in [-0.15, -0.1) is 0 Å². The van der Waals surface area contributed by atoms with Gasteiger partial charge in [0.15, 0.2) is 0 Å². The van der Waals surface area contributed by atoms with E-state index in [0.717, 1.165) is 51.2 Å². The van der Waals surface area contributed by atoms with Gasteiger partial charge in [0, 0.05) is 13.1 Å². The summed E-state index contributed by atoms with van der Waals surface area (Å²) in [6, 6.07) is 0. The first-order valence-electron chi connectivity index (χ1n) is 8.12. The molecule has 0 aromatic rings. The first kappa shape index (κ1) is 14.8. The lowest BCUT2D eigenvalue weighted by Gasteiger charge is -2.39. The van der Waals surface area contributed by atoms with E-state index < -0.39 is 11.4 Å². The quantitative estimate of drug-likeness (QED) is 0.792. The Morgan fingerprint density at radius 3 is 2.47 bits per heavy atom. The summed E-state index contributed by atoms with van der Waals surface area (Å²) >= 11 is 0. The van der Waals surface area contributed by atoms with Crippen LogP contribution >= 0.6 is 0 Å². The molecular weight excluding hydrogens is 238 g/mol. The number of aliphatic carboxylic acids is 1. The molecule has 19 heavy (non-hydrogen) atoms. The number of piperidine rings is 1. The smallest absolute Gasteiger partial charge is 0.310 e. The van der Waals surface area contributed by atoms with Gasteiger partial charge in [0.05, 0.1) is 5.41 Å². The summed E-state index contributed by atoms with van der Waals surface area (Å²) in [7, 11) is 0. The molecule has 1 heterocycles. The Kier molecular flexibility index (Phi) is 5.26. The molecule has 0 bridgehead atoms. The Balaban J connectivity index is 2.01. The number of hydrogen-bond acceptors (Lipinski definition) is 2. The van der Waals surface area contributed by atoms with Crippen LogP contribution in [0.5, 0.6) is 0 Å². The van der Waals surface area contributed by atoms with E-state index >= 15 is 0 Å². The first-order valence-corrected chi connectivity index (χ1v) is 8.12. The van der Waals surface area contributed by atoms with Crippen molar-refractivity contribution in [1.82, 2.24) is 4.90 Å². The van der Waals surface area contributed by atoms with E-state index in [9.17, 15) is 9.90 Å². The number of rotatable bonds is 4. The van der Waals surface area contributed by atoms with E-state index in [1.165, 1.54) is 32.1 Å². The Hall–Kier alpha value is -0.570. The molecule has 1 unspecified atom stereocenters. The van der Waals surface area contributed by atoms with Crippen LogP contribution in [0.4, 0.5) is 0 Å². The monoisotopic (exact) mass is 267 g/mol. The van der Waals surface area contributed by atoms with E-state index in [4.69, 9.17) is 0 Å². The molecule has 0 spiro atoms. The predicted octanol–water partition coefficient (Wildman–Crippen LogP) is 3.53. The second-order valence-electron chi connectivity index (χ2n) is 6.65. The van der Waals surface area contributed by atoms with Gasteiger partial charge >= 0.3 is 5.97 Å². The minimum Gasteiger partial charge on any atom is -0.481 e.